The van der Waals surface area contributed by atoms with E-state index in [1.165, 1.54) is 11.3 Å². The number of carbonyl (C=O) groups excluding carboxylic acids is 1. The molecule has 11 heteroatoms. The molecule has 0 fully saturated rings. The number of aliphatic hydroxyl groups is 1. The Bertz CT molecular complexity index is 1080. The van der Waals surface area contributed by atoms with Crippen molar-refractivity contribution in [1.29, 1.82) is 0 Å². The SMILES string of the molecule is CC(O)c1ccc(NC(=O)c2nn3c(c2Cl)NC(c2cccs2)CC3C(F)(F)F)cc1. The normalized spacial score (nSPS) is 19.4. The fraction of sp³-hybridized carbons (Fsp3) is 0.300. The zero-order valence-electron chi connectivity index (χ0n) is 16.2. The van der Waals surface area contributed by atoms with Gasteiger partial charge in [-0.15, -0.1) is 11.3 Å². The molecule has 0 saturated heterocycles. The third-order valence-corrected chi connectivity index (χ3v) is 6.39. The smallest absolute Gasteiger partial charge is 0.389 e. The Morgan fingerprint density at radius 2 is 2.06 bits per heavy atom. The van der Waals surface area contributed by atoms with Crippen LogP contribution in [0.2, 0.25) is 5.02 Å². The number of hydrogen-bond donors (Lipinski definition) is 3. The summed E-state index contributed by atoms with van der Waals surface area (Å²) in [7, 11) is 0. The first kappa shape index (κ1) is 21.7. The van der Waals surface area contributed by atoms with E-state index in [1.54, 1.807) is 48.7 Å². The van der Waals surface area contributed by atoms with Gasteiger partial charge in [-0.05, 0) is 36.1 Å². The Morgan fingerprint density at radius 3 is 2.65 bits per heavy atom. The molecule has 0 aliphatic carbocycles. The van der Waals surface area contributed by atoms with Gasteiger partial charge in [0.1, 0.15) is 10.8 Å². The monoisotopic (exact) mass is 470 g/mol. The van der Waals surface area contributed by atoms with Crippen LogP contribution >= 0.6 is 22.9 Å². The Kier molecular flexibility index (Phi) is 5.71. The summed E-state index contributed by atoms with van der Waals surface area (Å²) in [6, 6.07) is 7.41. The molecule has 3 aromatic rings. The van der Waals surface area contributed by atoms with E-state index in [9.17, 15) is 23.1 Å². The molecule has 2 aromatic heterocycles. The van der Waals surface area contributed by atoms with Crippen molar-refractivity contribution in [3.63, 3.8) is 0 Å². The lowest BCUT2D eigenvalue weighted by Gasteiger charge is -2.32. The van der Waals surface area contributed by atoms with Crippen molar-refractivity contribution in [2.45, 2.75) is 37.7 Å². The average Bonchev–Trinajstić information content (AvgIpc) is 3.35. The number of hydrogen-bond acceptors (Lipinski definition) is 5. The summed E-state index contributed by atoms with van der Waals surface area (Å²) in [5, 5.41) is 20.7. The van der Waals surface area contributed by atoms with E-state index >= 15 is 0 Å². The topological polar surface area (TPSA) is 79.2 Å². The molecule has 1 aromatic carbocycles. The van der Waals surface area contributed by atoms with Crippen LogP contribution in [0, 0.1) is 0 Å². The number of carbonyl (C=O) groups is 1. The minimum atomic E-state index is -4.56. The summed E-state index contributed by atoms with van der Waals surface area (Å²) in [5.74, 6) is -0.768. The summed E-state index contributed by atoms with van der Waals surface area (Å²) < 4.78 is 42.1. The minimum absolute atomic E-state index is 0.0387. The van der Waals surface area contributed by atoms with Crippen molar-refractivity contribution in [2.75, 3.05) is 10.6 Å². The van der Waals surface area contributed by atoms with Crippen LogP contribution in [0.1, 0.15) is 52.5 Å². The molecule has 0 saturated carbocycles. The first-order valence-corrected chi connectivity index (χ1v) is 10.6. The molecule has 3 atom stereocenters. The van der Waals surface area contributed by atoms with Gasteiger partial charge in [0.15, 0.2) is 11.7 Å². The Labute approximate surface area is 184 Å². The highest BCUT2D eigenvalue weighted by Crippen LogP contribution is 2.46. The molecule has 31 heavy (non-hydrogen) atoms. The van der Waals surface area contributed by atoms with E-state index in [2.05, 4.69) is 15.7 Å². The third kappa shape index (κ3) is 4.28. The van der Waals surface area contributed by atoms with Gasteiger partial charge in [-0.2, -0.15) is 18.3 Å². The van der Waals surface area contributed by atoms with Gasteiger partial charge in [-0.25, -0.2) is 4.68 Å². The standard InChI is InChI=1S/C20H18ClF3N4O2S/c1-10(29)11-4-6-12(7-5-11)25-19(30)17-16(21)18-26-13(14-3-2-8-31-14)9-15(20(22,23)24)28(18)27-17/h2-8,10,13,15,26,29H,9H2,1H3,(H,25,30). The van der Waals surface area contributed by atoms with Crippen LogP contribution in [0.3, 0.4) is 0 Å². The molecule has 1 aliphatic heterocycles. The Hall–Kier alpha value is -2.56. The average molecular weight is 471 g/mol. The predicted octanol–water partition coefficient (Wildman–Crippen LogP) is 5.56. The summed E-state index contributed by atoms with van der Waals surface area (Å²) in [5.41, 5.74) is 0.753. The van der Waals surface area contributed by atoms with Gasteiger partial charge in [0.25, 0.3) is 5.91 Å². The number of halogens is 4. The number of aliphatic hydroxyl groups excluding tert-OH is 1. The van der Waals surface area contributed by atoms with Crippen LogP contribution in [-0.2, 0) is 0 Å². The maximum Gasteiger partial charge on any atom is 0.410 e. The second kappa shape index (κ2) is 8.18. The fourth-order valence-corrected chi connectivity index (χ4v) is 4.50. The van der Waals surface area contributed by atoms with Crippen molar-refractivity contribution in [1.82, 2.24) is 9.78 Å². The van der Waals surface area contributed by atoms with Crippen molar-refractivity contribution >= 4 is 40.4 Å². The third-order valence-electron chi connectivity index (χ3n) is 5.05. The maximum absolute atomic E-state index is 13.8. The molecule has 1 aliphatic rings. The molecular weight excluding hydrogens is 453 g/mol. The summed E-state index contributed by atoms with van der Waals surface area (Å²) in [6.45, 7) is 1.61. The predicted molar refractivity (Wildman–Crippen MR) is 113 cm³/mol. The second-order valence-electron chi connectivity index (χ2n) is 7.21. The number of thiophene rings is 1. The first-order valence-electron chi connectivity index (χ1n) is 9.39. The maximum atomic E-state index is 13.8. The first-order chi connectivity index (χ1) is 14.6. The number of benzene rings is 1. The number of anilines is 2. The van der Waals surface area contributed by atoms with Crippen molar-refractivity contribution < 1.29 is 23.1 Å². The fourth-order valence-electron chi connectivity index (χ4n) is 3.45. The quantitative estimate of drug-likeness (QED) is 0.466. The van der Waals surface area contributed by atoms with Crippen molar-refractivity contribution in [3.8, 4) is 0 Å². The highest BCUT2D eigenvalue weighted by molar-refractivity contribution is 7.10. The molecule has 6 nitrogen and oxygen atoms in total. The van der Waals surface area contributed by atoms with Crippen LogP contribution in [0.5, 0.6) is 0 Å². The van der Waals surface area contributed by atoms with Gasteiger partial charge in [0, 0.05) is 17.0 Å². The van der Waals surface area contributed by atoms with Crippen LogP contribution in [0.4, 0.5) is 24.7 Å². The zero-order chi connectivity index (χ0) is 22.3. The number of aromatic nitrogens is 2. The summed E-state index contributed by atoms with van der Waals surface area (Å²) >= 11 is 7.65. The molecule has 164 valence electrons. The number of amides is 1. The molecule has 1 amide bonds. The molecule has 3 N–H and O–H groups in total. The highest BCUT2D eigenvalue weighted by Gasteiger charge is 2.48. The van der Waals surface area contributed by atoms with Crippen LogP contribution in [0.15, 0.2) is 41.8 Å². The molecule has 4 rings (SSSR count). The number of nitrogens with one attached hydrogen (secondary N) is 2. The van der Waals surface area contributed by atoms with E-state index in [0.717, 1.165) is 9.56 Å². The van der Waals surface area contributed by atoms with Crippen molar-refractivity contribution in [2.24, 2.45) is 0 Å². The molecule has 3 unspecified atom stereocenters. The van der Waals surface area contributed by atoms with Crippen LogP contribution < -0.4 is 10.6 Å². The highest BCUT2D eigenvalue weighted by atomic mass is 35.5. The van der Waals surface area contributed by atoms with E-state index in [0.29, 0.717) is 11.3 Å². The minimum Gasteiger partial charge on any atom is -0.389 e. The molecule has 0 radical (unpaired) electrons. The zero-order valence-corrected chi connectivity index (χ0v) is 17.7. The van der Waals surface area contributed by atoms with Gasteiger partial charge in [-0.3, -0.25) is 4.79 Å². The van der Waals surface area contributed by atoms with Crippen molar-refractivity contribution in [3.05, 3.63) is 62.9 Å². The van der Waals surface area contributed by atoms with E-state index in [4.69, 9.17) is 11.6 Å². The summed E-state index contributed by atoms with van der Waals surface area (Å²) in [4.78, 5) is 13.4. The van der Waals surface area contributed by atoms with Gasteiger partial charge in [0.2, 0.25) is 0 Å². The molecule has 0 bridgehead atoms. The van der Waals surface area contributed by atoms with Crippen LogP contribution in [-0.4, -0.2) is 27.0 Å². The Balaban J connectivity index is 1.64. The Morgan fingerprint density at radius 1 is 1.35 bits per heavy atom. The largest absolute Gasteiger partial charge is 0.410 e. The van der Waals surface area contributed by atoms with E-state index < -0.39 is 30.3 Å². The van der Waals surface area contributed by atoms with E-state index in [-0.39, 0.29) is 23.0 Å². The van der Waals surface area contributed by atoms with E-state index in [1.807, 2.05) is 0 Å². The summed E-state index contributed by atoms with van der Waals surface area (Å²) in [6.07, 6.45) is -5.50. The van der Waals surface area contributed by atoms with Gasteiger partial charge in [0.05, 0.1) is 12.1 Å². The lowest BCUT2D eigenvalue weighted by atomic mass is 10.0. The molecule has 3 heterocycles. The van der Waals surface area contributed by atoms with Gasteiger partial charge < -0.3 is 15.7 Å². The van der Waals surface area contributed by atoms with Crippen LogP contribution in [0.25, 0.3) is 0 Å². The molecule has 0 spiro atoms. The number of rotatable bonds is 4. The van der Waals surface area contributed by atoms with Gasteiger partial charge in [-0.1, -0.05) is 29.8 Å². The van der Waals surface area contributed by atoms with Gasteiger partial charge >= 0.3 is 6.18 Å². The lowest BCUT2D eigenvalue weighted by Crippen LogP contribution is -2.35. The number of nitrogens with zero attached hydrogens (tertiary/aromatic N) is 2. The number of fused-ring (bicyclic) bond motifs is 1. The number of alkyl halides is 3. The lowest BCUT2D eigenvalue weighted by molar-refractivity contribution is -0.173. The second-order valence-corrected chi connectivity index (χ2v) is 8.57. The molecular formula is C20H18ClF3N4O2S.